The van der Waals surface area contributed by atoms with Gasteiger partial charge < -0.3 is 15.0 Å². The summed E-state index contributed by atoms with van der Waals surface area (Å²) >= 11 is 0. The lowest BCUT2D eigenvalue weighted by molar-refractivity contribution is -0.122. The lowest BCUT2D eigenvalue weighted by atomic mass is 9.85. The molecular weight excluding hydrogens is 384 g/mol. The molecule has 0 saturated carbocycles. The lowest BCUT2D eigenvalue weighted by Crippen LogP contribution is -2.60. The van der Waals surface area contributed by atoms with Gasteiger partial charge in [0.25, 0.3) is 5.91 Å². The predicted molar refractivity (Wildman–Crippen MR) is 123 cm³/mol. The van der Waals surface area contributed by atoms with Gasteiger partial charge in [-0.3, -0.25) is 4.79 Å². The van der Waals surface area contributed by atoms with Gasteiger partial charge in [-0.1, -0.05) is 60.7 Å². The fraction of sp³-hybridized carbons (Fsp3) is 0.370. The average Bonchev–Trinajstić information content (AvgIpc) is 3.17. The molecule has 1 N–H and O–H groups in total. The molecule has 0 radical (unpaired) electrons. The lowest BCUT2D eigenvalue weighted by Gasteiger charge is -2.47. The Hall–Kier alpha value is -2.69. The number of hydrogen-bond donors (Lipinski definition) is 1. The number of amides is 1. The van der Waals surface area contributed by atoms with E-state index in [-0.39, 0.29) is 11.5 Å². The van der Waals surface area contributed by atoms with Crippen molar-refractivity contribution < 1.29 is 9.53 Å². The highest BCUT2D eigenvalue weighted by Gasteiger charge is 2.47. The van der Waals surface area contributed by atoms with Crippen molar-refractivity contribution in [1.82, 2.24) is 10.2 Å². The van der Waals surface area contributed by atoms with E-state index < -0.39 is 0 Å². The number of carbonyl (C=O) groups is 1. The highest BCUT2D eigenvalue weighted by atomic mass is 16.5. The van der Waals surface area contributed by atoms with Gasteiger partial charge in [0.1, 0.15) is 0 Å². The Morgan fingerprint density at radius 1 is 0.903 bits per heavy atom. The van der Waals surface area contributed by atoms with Crippen LogP contribution in [0.3, 0.4) is 0 Å². The first-order chi connectivity index (χ1) is 15.2. The quantitative estimate of drug-likeness (QED) is 0.667. The van der Waals surface area contributed by atoms with Crippen LogP contribution in [0.15, 0.2) is 66.7 Å². The molecule has 4 nitrogen and oxygen atoms in total. The van der Waals surface area contributed by atoms with Crippen LogP contribution < -0.4 is 5.32 Å². The molecule has 1 amide bonds. The van der Waals surface area contributed by atoms with Gasteiger partial charge in [-0.2, -0.15) is 0 Å². The van der Waals surface area contributed by atoms with E-state index in [1.807, 2.05) is 23.1 Å². The molecule has 2 bridgehead atoms. The topological polar surface area (TPSA) is 41.6 Å². The molecule has 3 heterocycles. The molecule has 0 aliphatic carbocycles. The fourth-order valence-corrected chi connectivity index (χ4v) is 6.01. The van der Waals surface area contributed by atoms with Crippen LogP contribution in [0.1, 0.15) is 36.0 Å². The van der Waals surface area contributed by atoms with Gasteiger partial charge in [0, 0.05) is 24.2 Å². The number of fused-ring (bicyclic) bond motifs is 3. The van der Waals surface area contributed by atoms with Gasteiger partial charge in [-0.25, -0.2) is 0 Å². The molecule has 3 aliphatic rings. The van der Waals surface area contributed by atoms with Crippen LogP contribution in [-0.4, -0.2) is 48.2 Å². The maximum absolute atomic E-state index is 13.7. The summed E-state index contributed by atoms with van der Waals surface area (Å²) in [4.78, 5) is 15.8. The number of hydrogen-bond acceptors (Lipinski definition) is 3. The number of morpholine rings is 1. The Morgan fingerprint density at radius 3 is 2.45 bits per heavy atom. The molecule has 3 aliphatic heterocycles. The van der Waals surface area contributed by atoms with Gasteiger partial charge >= 0.3 is 0 Å². The second-order valence-corrected chi connectivity index (χ2v) is 9.38. The van der Waals surface area contributed by atoms with Crippen LogP contribution in [0.25, 0.3) is 21.9 Å². The third-order valence-corrected chi connectivity index (χ3v) is 7.34. The average molecular weight is 413 g/mol. The maximum Gasteiger partial charge on any atom is 0.254 e. The van der Waals surface area contributed by atoms with Crippen molar-refractivity contribution in [2.45, 2.75) is 43.4 Å². The van der Waals surface area contributed by atoms with Crippen molar-refractivity contribution in [2.75, 3.05) is 19.7 Å². The second-order valence-electron chi connectivity index (χ2n) is 9.38. The number of rotatable bonds is 2. The largest absolute Gasteiger partial charge is 0.371 e. The van der Waals surface area contributed by atoms with Crippen LogP contribution in [0.4, 0.5) is 0 Å². The van der Waals surface area contributed by atoms with Crippen LogP contribution in [0.2, 0.25) is 0 Å². The Bertz CT molecular complexity index is 1110. The second kappa shape index (κ2) is 7.47. The van der Waals surface area contributed by atoms with Crippen LogP contribution >= 0.6 is 0 Å². The summed E-state index contributed by atoms with van der Waals surface area (Å²) in [5.41, 5.74) is 2.96. The first kappa shape index (κ1) is 19.0. The zero-order valence-corrected chi connectivity index (χ0v) is 17.7. The number of carbonyl (C=O) groups excluding carboxylic acids is 1. The number of nitrogens with one attached hydrogen (secondary N) is 1. The third-order valence-electron chi connectivity index (χ3n) is 7.34. The zero-order valence-electron chi connectivity index (χ0n) is 17.7. The summed E-state index contributed by atoms with van der Waals surface area (Å²) in [6.45, 7) is 2.00. The summed E-state index contributed by atoms with van der Waals surface area (Å²) in [5, 5.41) is 5.85. The van der Waals surface area contributed by atoms with E-state index in [1.54, 1.807) is 0 Å². The van der Waals surface area contributed by atoms with E-state index in [1.165, 1.54) is 24.0 Å². The van der Waals surface area contributed by atoms with Crippen LogP contribution in [0.5, 0.6) is 0 Å². The maximum atomic E-state index is 13.7. The Labute approximate surface area is 183 Å². The smallest absolute Gasteiger partial charge is 0.254 e. The summed E-state index contributed by atoms with van der Waals surface area (Å²) in [6.07, 6.45) is 4.49. The van der Waals surface area contributed by atoms with Gasteiger partial charge in [-0.15, -0.1) is 0 Å². The first-order valence-electron chi connectivity index (χ1n) is 11.5. The molecule has 158 valence electrons. The minimum atomic E-state index is -0.176. The molecule has 6 rings (SSSR count). The fourth-order valence-electron chi connectivity index (χ4n) is 6.01. The van der Waals surface area contributed by atoms with Gasteiger partial charge in [-0.05, 0) is 53.6 Å². The number of nitrogens with zero attached hydrogens (tertiary/aromatic N) is 1. The molecule has 31 heavy (non-hydrogen) atoms. The first-order valence-corrected chi connectivity index (χ1v) is 11.5. The summed E-state index contributed by atoms with van der Waals surface area (Å²) in [5.74, 6) is 0.129. The molecule has 0 aromatic heterocycles. The summed E-state index contributed by atoms with van der Waals surface area (Å²) in [6, 6.07) is 23.9. The van der Waals surface area contributed by atoms with Crippen molar-refractivity contribution in [3.05, 3.63) is 72.3 Å². The van der Waals surface area contributed by atoms with E-state index in [0.717, 1.165) is 29.2 Å². The van der Waals surface area contributed by atoms with Gasteiger partial charge in [0.05, 0.1) is 18.8 Å². The third kappa shape index (κ3) is 3.35. The van der Waals surface area contributed by atoms with Gasteiger partial charge in [0.2, 0.25) is 0 Å². The number of piperidine rings is 1. The summed E-state index contributed by atoms with van der Waals surface area (Å²) < 4.78 is 6.33. The van der Waals surface area contributed by atoms with Crippen molar-refractivity contribution >= 4 is 16.7 Å². The van der Waals surface area contributed by atoms with Crippen molar-refractivity contribution in [3.8, 4) is 11.1 Å². The van der Waals surface area contributed by atoms with Crippen LogP contribution in [0, 0.1) is 0 Å². The number of ether oxygens (including phenoxy) is 1. The van der Waals surface area contributed by atoms with Gasteiger partial charge in [0.15, 0.2) is 0 Å². The molecule has 4 heteroatoms. The highest BCUT2D eigenvalue weighted by Crippen LogP contribution is 2.39. The molecule has 3 aromatic rings. The molecule has 1 unspecified atom stereocenters. The van der Waals surface area contributed by atoms with E-state index in [9.17, 15) is 4.79 Å². The van der Waals surface area contributed by atoms with E-state index in [4.69, 9.17) is 4.74 Å². The van der Waals surface area contributed by atoms with Crippen molar-refractivity contribution in [3.63, 3.8) is 0 Å². The monoisotopic (exact) mass is 412 g/mol. The SMILES string of the molecule is O=C(c1cccc2c(-c3ccccc3)cccc12)N1CCOC2(C[C@H]3CC[C@@H](C2)N3)C1. The Balaban J connectivity index is 1.34. The number of benzene rings is 3. The molecule has 1 spiro atoms. The Morgan fingerprint density at radius 2 is 1.65 bits per heavy atom. The normalized spacial score (nSPS) is 27.7. The summed E-state index contributed by atoms with van der Waals surface area (Å²) in [7, 11) is 0. The minimum Gasteiger partial charge on any atom is -0.371 e. The molecule has 3 aromatic carbocycles. The molecule has 3 atom stereocenters. The highest BCUT2D eigenvalue weighted by molar-refractivity contribution is 6.10. The zero-order chi connectivity index (χ0) is 20.8. The standard InChI is InChI=1S/C27H28N2O2/c30-26(29-14-15-31-27(18-29)16-20-12-13-21(17-27)28-20)25-11-5-9-23-22(8-4-10-24(23)25)19-6-2-1-3-7-19/h1-11,20-21,28H,12-18H2/t20-,21+,27?. The van der Waals surface area contributed by atoms with Crippen molar-refractivity contribution in [2.24, 2.45) is 0 Å². The van der Waals surface area contributed by atoms with Crippen LogP contribution in [-0.2, 0) is 4.74 Å². The van der Waals surface area contributed by atoms with E-state index in [0.29, 0.717) is 31.8 Å². The molecule has 3 fully saturated rings. The molecule has 3 saturated heterocycles. The minimum absolute atomic E-state index is 0.129. The molecular formula is C27H28N2O2. The predicted octanol–water partition coefficient (Wildman–Crippen LogP) is 4.63. The van der Waals surface area contributed by atoms with Crippen molar-refractivity contribution in [1.29, 1.82) is 0 Å². The van der Waals surface area contributed by atoms with E-state index in [2.05, 4.69) is 53.8 Å². The van der Waals surface area contributed by atoms with E-state index >= 15 is 0 Å². The Kier molecular flexibility index (Phi) is 4.58.